The summed E-state index contributed by atoms with van der Waals surface area (Å²) >= 11 is 0. The van der Waals surface area contributed by atoms with Crippen molar-refractivity contribution in [1.29, 1.82) is 0 Å². The molecule has 0 aliphatic heterocycles. The molecule has 0 saturated carbocycles. The number of nitrogen functional groups attached to an aromatic ring is 2. The highest BCUT2D eigenvalue weighted by atomic mass is 15.4. The van der Waals surface area contributed by atoms with E-state index < -0.39 is 0 Å². The number of aromatic nitrogens is 4. The number of fused-ring (bicyclic) bond motifs is 1. The molecule has 0 aliphatic rings. The topological polar surface area (TPSA) is 95.6 Å². The van der Waals surface area contributed by atoms with E-state index in [0.29, 0.717) is 5.82 Å². The Hall–Kier alpha value is -2.63. The fraction of sp³-hybridized carbons (Fsp3) is 0.0833. The van der Waals surface area contributed by atoms with E-state index >= 15 is 0 Å². The van der Waals surface area contributed by atoms with Crippen molar-refractivity contribution in [3.63, 3.8) is 0 Å². The summed E-state index contributed by atoms with van der Waals surface area (Å²) in [4.78, 5) is 4.47. The van der Waals surface area contributed by atoms with Crippen molar-refractivity contribution in [2.45, 2.75) is 6.92 Å². The van der Waals surface area contributed by atoms with Gasteiger partial charge in [0.2, 0.25) is 5.95 Å². The summed E-state index contributed by atoms with van der Waals surface area (Å²) in [5, 5.41) is 8.76. The first-order valence-corrected chi connectivity index (χ1v) is 5.49. The second kappa shape index (κ2) is 3.69. The lowest BCUT2D eigenvalue weighted by atomic mass is 10.1. The number of para-hydroxylation sites is 1. The van der Waals surface area contributed by atoms with Crippen LogP contribution >= 0.6 is 0 Å². The second-order valence-corrected chi connectivity index (χ2v) is 4.08. The Morgan fingerprint density at radius 2 is 1.94 bits per heavy atom. The zero-order valence-corrected chi connectivity index (χ0v) is 9.83. The SMILES string of the molecule is Cc1cc(-c2nnc(N)n2N)c2ccccc2n1. The number of hydrogen-bond acceptors (Lipinski definition) is 5. The predicted octanol–water partition coefficient (Wildman–Crippen LogP) is 1.10. The van der Waals surface area contributed by atoms with E-state index in [4.69, 9.17) is 11.6 Å². The van der Waals surface area contributed by atoms with Crippen LogP contribution in [-0.4, -0.2) is 19.9 Å². The Kier molecular flexibility index (Phi) is 2.16. The predicted molar refractivity (Wildman–Crippen MR) is 70.1 cm³/mol. The number of benzene rings is 1. The second-order valence-electron chi connectivity index (χ2n) is 4.08. The Balaban J connectivity index is 2.38. The molecular formula is C12H12N6. The maximum Gasteiger partial charge on any atom is 0.241 e. The van der Waals surface area contributed by atoms with Gasteiger partial charge in [-0.25, -0.2) is 4.68 Å². The van der Waals surface area contributed by atoms with Gasteiger partial charge in [0.05, 0.1) is 5.52 Å². The van der Waals surface area contributed by atoms with E-state index in [0.717, 1.165) is 22.2 Å². The molecule has 2 heterocycles. The van der Waals surface area contributed by atoms with E-state index in [-0.39, 0.29) is 5.95 Å². The van der Waals surface area contributed by atoms with E-state index in [9.17, 15) is 0 Å². The lowest BCUT2D eigenvalue weighted by Gasteiger charge is -2.07. The normalized spacial score (nSPS) is 10.9. The first-order valence-electron chi connectivity index (χ1n) is 5.49. The van der Waals surface area contributed by atoms with Crippen LogP contribution in [0.25, 0.3) is 22.3 Å². The molecule has 3 aromatic rings. The average molecular weight is 240 g/mol. The molecule has 2 aromatic heterocycles. The van der Waals surface area contributed by atoms with Crippen molar-refractivity contribution < 1.29 is 0 Å². The number of anilines is 1. The van der Waals surface area contributed by atoms with Crippen LogP contribution < -0.4 is 11.6 Å². The summed E-state index contributed by atoms with van der Waals surface area (Å²) in [6.45, 7) is 1.93. The van der Waals surface area contributed by atoms with E-state index in [1.54, 1.807) is 0 Å². The standard InChI is InChI=1S/C12H12N6/c1-7-6-9(11-16-17-12(13)18(11)14)8-4-2-3-5-10(8)15-7/h2-6H,14H2,1H3,(H2,13,17). The van der Waals surface area contributed by atoms with Crippen molar-refractivity contribution in [1.82, 2.24) is 19.9 Å². The number of pyridine rings is 1. The van der Waals surface area contributed by atoms with Crippen LogP contribution in [0.2, 0.25) is 0 Å². The van der Waals surface area contributed by atoms with Crippen LogP contribution in [0.1, 0.15) is 5.69 Å². The van der Waals surface area contributed by atoms with Crippen molar-refractivity contribution in [2.75, 3.05) is 11.6 Å². The Morgan fingerprint density at radius 1 is 1.17 bits per heavy atom. The van der Waals surface area contributed by atoms with Gasteiger partial charge in [0.25, 0.3) is 0 Å². The maximum absolute atomic E-state index is 5.82. The third-order valence-corrected chi connectivity index (χ3v) is 2.81. The smallest absolute Gasteiger partial charge is 0.241 e. The number of hydrogen-bond donors (Lipinski definition) is 2. The Bertz CT molecular complexity index is 731. The number of rotatable bonds is 1. The Morgan fingerprint density at radius 3 is 2.67 bits per heavy atom. The highest BCUT2D eigenvalue weighted by molar-refractivity contribution is 5.93. The molecule has 3 rings (SSSR count). The molecule has 18 heavy (non-hydrogen) atoms. The maximum atomic E-state index is 5.82. The van der Waals surface area contributed by atoms with Crippen molar-refractivity contribution in [3.8, 4) is 11.4 Å². The molecule has 0 bridgehead atoms. The molecule has 0 saturated heterocycles. The van der Waals surface area contributed by atoms with E-state index in [1.807, 2.05) is 37.3 Å². The molecule has 0 unspecified atom stereocenters. The minimum atomic E-state index is 0.184. The van der Waals surface area contributed by atoms with Crippen LogP contribution in [0.3, 0.4) is 0 Å². The van der Waals surface area contributed by atoms with Gasteiger partial charge >= 0.3 is 0 Å². The van der Waals surface area contributed by atoms with Crippen molar-refractivity contribution >= 4 is 16.9 Å². The van der Waals surface area contributed by atoms with E-state index in [2.05, 4.69) is 15.2 Å². The van der Waals surface area contributed by atoms with Crippen LogP contribution in [-0.2, 0) is 0 Å². The van der Waals surface area contributed by atoms with Gasteiger partial charge in [0.1, 0.15) is 0 Å². The lowest BCUT2D eigenvalue weighted by molar-refractivity contribution is 1.02. The van der Waals surface area contributed by atoms with Crippen molar-refractivity contribution in [2.24, 2.45) is 0 Å². The van der Waals surface area contributed by atoms with Gasteiger partial charge in [-0.15, -0.1) is 10.2 Å². The summed E-state index contributed by atoms with van der Waals surface area (Å²) < 4.78 is 1.28. The quantitative estimate of drug-likeness (QED) is 0.621. The lowest BCUT2D eigenvalue weighted by Crippen LogP contribution is -2.13. The summed E-state index contributed by atoms with van der Waals surface area (Å²) in [5.74, 6) is 6.54. The van der Waals surface area contributed by atoms with E-state index in [1.165, 1.54) is 4.68 Å². The molecular weight excluding hydrogens is 228 g/mol. The molecule has 0 fully saturated rings. The van der Waals surface area contributed by atoms with Gasteiger partial charge in [-0.1, -0.05) is 18.2 Å². The molecule has 6 heteroatoms. The van der Waals surface area contributed by atoms with Gasteiger partial charge in [-0.3, -0.25) is 4.98 Å². The summed E-state index contributed by atoms with van der Waals surface area (Å²) in [5.41, 5.74) is 8.28. The van der Waals surface area contributed by atoms with Crippen LogP contribution in [0.5, 0.6) is 0 Å². The molecule has 6 nitrogen and oxygen atoms in total. The van der Waals surface area contributed by atoms with Gasteiger partial charge in [0.15, 0.2) is 5.82 Å². The molecule has 0 amide bonds. The van der Waals surface area contributed by atoms with Gasteiger partial charge in [0, 0.05) is 16.6 Å². The van der Waals surface area contributed by atoms with Crippen LogP contribution in [0.15, 0.2) is 30.3 Å². The molecule has 0 radical (unpaired) electrons. The fourth-order valence-electron chi connectivity index (χ4n) is 1.98. The van der Waals surface area contributed by atoms with Gasteiger partial charge < -0.3 is 11.6 Å². The van der Waals surface area contributed by atoms with Gasteiger partial charge in [-0.2, -0.15) is 0 Å². The minimum absolute atomic E-state index is 0.184. The zero-order valence-electron chi connectivity index (χ0n) is 9.83. The minimum Gasteiger partial charge on any atom is -0.366 e. The number of aryl methyl sites for hydroxylation is 1. The largest absolute Gasteiger partial charge is 0.366 e. The van der Waals surface area contributed by atoms with Crippen LogP contribution in [0.4, 0.5) is 5.95 Å². The monoisotopic (exact) mass is 240 g/mol. The summed E-state index contributed by atoms with van der Waals surface area (Å²) in [6.07, 6.45) is 0. The molecule has 0 spiro atoms. The number of nitrogens with zero attached hydrogens (tertiary/aromatic N) is 4. The van der Waals surface area contributed by atoms with Crippen molar-refractivity contribution in [3.05, 3.63) is 36.0 Å². The average Bonchev–Trinajstić information content (AvgIpc) is 2.69. The Labute approximate surface area is 103 Å². The molecule has 90 valence electrons. The van der Waals surface area contributed by atoms with Crippen LogP contribution in [0, 0.1) is 6.92 Å². The zero-order chi connectivity index (χ0) is 12.7. The first-order chi connectivity index (χ1) is 8.66. The molecule has 1 aromatic carbocycles. The number of nitrogens with two attached hydrogens (primary N) is 2. The first kappa shape index (κ1) is 10.5. The third kappa shape index (κ3) is 1.46. The summed E-state index contributed by atoms with van der Waals surface area (Å²) in [6, 6.07) is 9.74. The molecule has 0 aliphatic carbocycles. The molecule has 4 N–H and O–H groups in total. The van der Waals surface area contributed by atoms with Gasteiger partial charge in [-0.05, 0) is 19.1 Å². The molecule has 0 atom stereocenters. The fourth-order valence-corrected chi connectivity index (χ4v) is 1.98. The third-order valence-electron chi connectivity index (χ3n) is 2.81. The highest BCUT2D eigenvalue weighted by Crippen LogP contribution is 2.26. The highest BCUT2D eigenvalue weighted by Gasteiger charge is 2.13. The summed E-state index contributed by atoms with van der Waals surface area (Å²) in [7, 11) is 0.